The van der Waals surface area contributed by atoms with Crippen LogP contribution in [-0.2, 0) is 14.0 Å². The fraction of sp³-hybridized carbons (Fsp3) is 0.650. The summed E-state index contributed by atoms with van der Waals surface area (Å²) in [6.45, 7) is 14.1. The molecule has 1 saturated heterocycles. The van der Waals surface area contributed by atoms with E-state index in [9.17, 15) is 9.90 Å². The minimum absolute atomic E-state index is 0.0743. The van der Waals surface area contributed by atoms with E-state index in [4.69, 9.17) is 14.0 Å². The third-order valence-corrected chi connectivity index (χ3v) is 5.76. The summed E-state index contributed by atoms with van der Waals surface area (Å²) in [6, 6.07) is 3.32. The van der Waals surface area contributed by atoms with E-state index in [1.54, 1.807) is 12.1 Å². The minimum Gasteiger partial charge on any atom is -0.508 e. The molecule has 0 spiro atoms. The molecule has 0 saturated carbocycles. The number of methoxy groups -OCH3 is 1. The Morgan fingerprint density at radius 1 is 1.19 bits per heavy atom. The van der Waals surface area contributed by atoms with E-state index in [-0.39, 0.29) is 11.7 Å². The summed E-state index contributed by atoms with van der Waals surface area (Å²) in [6.07, 6.45) is 0.858. The smallest absolute Gasteiger partial charge is 0.498 e. The number of esters is 1. The lowest BCUT2D eigenvalue weighted by Crippen LogP contribution is -2.41. The van der Waals surface area contributed by atoms with Gasteiger partial charge in [-0.2, -0.15) is 0 Å². The van der Waals surface area contributed by atoms with Gasteiger partial charge in [0.05, 0.1) is 23.9 Å². The second-order valence-corrected chi connectivity index (χ2v) is 8.34. The monoisotopic (exact) mass is 362 g/mol. The van der Waals surface area contributed by atoms with Gasteiger partial charge in [-0.25, -0.2) is 4.79 Å². The van der Waals surface area contributed by atoms with Gasteiger partial charge in [-0.05, 0) is 63.6 Å². The number of carbonyl (C=O) groups is 1. The quantitative estimate of drug-likeness (QED) is 0.640. The van der Waals surface area contributed by atoms with Gasteiger partial charge in [-0.15, -0.1) is 0 Å². The zero-order valence-corrected chi connectivity index (χ0v) is 17.2. The maximum atomic E-state index is 12.4. The van der Waals surface area contributed by atoms with Gasteiger partial charge in [0.2, 0.25) is 0 Å². The standard InChI is InChI=1S/C20H31BO5/c1-9-13(12(2)3)14-11-17(22)16(10-15(14)18(23)24-8)21-25-19(4,5)20(6,7)26-21/h10-13,22H,9H2,1-8H3. The molecule has 26 heavy (non-hydrogen) atoms. The molecule has 1 aliphatic rings. The number of phenols is 1. The van der Waals surface area contributed by atoms with Crippen molar-refractivity contribution in [3.63, 3.8) is 0 Å². The first kappa shape index (κ1) is 20.8. The zero-order chi connectivity index (χ0) is 19.9. The van der Waals surface area contributed by atoms with Crippen LogP contribution in [0.15, 0.2) is 12.1 Å². The number of aromatic hydroxyl groups is 1. The molecule has 1 heterocycles. The number of benzene rings is 1. The predicted octanol–water partition coefficient (Wildman–Crippen LogP) is 3.63. The summed E-state index contributed by atoms with van der Waals surface area (Å²) in [4.78, 5) is 12.4. The molecule has 2 rings (SSSR count). The normalized spacial score (nSPS) is 19.7. The fourth-order valence-electron chi connectivity index (χ4n) is 3.42. The number of hydrogen-bond acceptors (Lipinski definition) is 5. The van der Waals surface area contributed by atoms with Crippen molar-refractivity contribution in [3.8, 4) is 5.75 Å². The molecule has 1 fully saturated rings. The third kappa shape index (κ3) is 3.62. The topological polar surface area (TPSA) is 65.0 Å². The van der Waals surface area contributed by atoms with Crippen LogP contribution < -0.4 is 5.46 Å². The lowest BCUT2D eigenvalue weighted by atomic mass is 9.74. The van der Waals surface area contributed by atoms with Crippen LogP contribution in [0.3, 0.4) is 0 Å². The van der Waals surface area contributed by atoms with Gasteiger partial charge in [-0.3, -0.25) is 0 Å². The Hall–Kier alpha value is -1.53. The molecule has 0 amide bonds. The van der Waals surface area contributed by atoms with Gasteiger partial charge >= 0.3 is 13.1 Å². The molecular formula is C20H31BO5. The molecule has 1 N–H and O–H groups in total. The first-order valence-electron chi connectivity index (χ1n) is 9.26. The van der Waals surface area contributed by atoms with E-state index in [1.807, 2.05) is 27.7 Å². The van der Waals surface area contributed by atoms with Crippen molar-refractivity contribution in [2.24, 2.45) is 5.92 Å². The Kier molecular flexibility index (Phi) is 5.79. The van der Waals surface area contributed by atoms with Crippen LogP contribution in [0.2, 0.25) is 0 Å². The van der Waals surface area contributed by atoms with Gasteiger partial charge in [0.15, 0.2) is 0 Å². The Bertz CT molecular complexity index is 665. The Balaban J connectivity index is 2.56. The van der Waals surface area contributed by atoms with E-state index in [2.05, 4.69) is 20.8 Å². The SMILES string of the molecule is CCC(c1cc(O)c(B2OC(C)(C)C(C)(C)O2)cc1C(=O)OC)C(C)C. The molecule has 0 bridgehead atoms. The van der Waals surface area contributed by atoms with Crippen LogP contribution in [0.4, 0.5) is 0 Å². The predicted molar refractivity (Wildman–Crippen MR) is 103 cm³/mol. The highest BCUT2D eigenvalue weighted by atomic mass is 16.7. The van der Waals surface area contributed by atoms with Crippen molar-refractivity contribution in [3.05, 3.63) is 23.3 Å². The maximum absolute atomic E-state index is 12.4. The molecular weight excluding hydrogens is 331 g/mol. The summed E-state index contributed by atoms with van der Waals surface area (Å²) in [5.74, 6) is 0.120. The highest BCUT2D eigenvalue weighted by molar-refractivity contribution is 6.63. The van der Waals surface area contributed by atoms with Crippen LogP contribution in [0.1, 0.15) is 76.7 Å². The Labute approximate surface area is 157 Å². The molecule has 0 aromatic heterocycles. The highest BCUT2D eigenvalue weighted by Crippen LogP contribution is 2.38. The summed E-state index contributed by atoms with van der Waals surface area (Å²) in [5.41, 5.74) is 0.644. The van der Waals surface area contributed by atoms with Gasteiger partial charge in [0.1, 0.15) is 5.75 Å². The van der Waals surface area contributed by atoms with Crippen molar-refractivity contribution in [1.29, 1.82) is 0 Å². The van der Waals surface area contributed by atoms with Crippen LogP contribution in [0.5, 0.6) is 5.75 Å². The van der Waals surface area contributed by atoms with Crippen molar-refractivity contribution < 1.29 is 23.9 Å². The largest absolute Gasteiger partial charge is 0.508 e. The summed E-state index contributed by atoms with van der Waals surface area (Å²) < 4.78 is 17.1. The second kappa shape index (κ2) is 7.24. The molecule has 1 unspecified atom stereocenters. The lowest BCUT2D eigenvalue weighted by Gasteiger charge is -2.32. The number of carbonyl (C=O) groups excluding carboxylic acids is 1. The number of phenolic OH excluding ortho intramolecular Hbond substituents is 1. The maximum Gasteiger partial charge on any atom is 0.498 e. The molecule has 1 aliphatic heterocycles. The molecule has 1 aromatic rings. The lowest BCUT2D eigenvalue weighted by molar-refractivity contribution is 0.00578. The van der Waals surface area contributed by atoms with Gasteiger partial charge in [-0.1, -0.05) is 20.8 Å². The summed E-state index contributed by atoms with van der Waals surface area (Å²) in [5, 5.41) is 10.7. The van der Waals surface area contributed by atoms with Gasteiger partial charge in [0.25, 0.3) is 0 Å². The molecule has 1 aromatic carbocycles. The third-order valence-electron chi connectivity index (χ3n) is 5.76. The van der Waals surface area contributed by atoms with Crippen molar-refractivity contribution >= 4 is 18.6 Å². The van der Waals surface area contributed by atoms with Crippen molar-refractivity contribution in [2.45, 2.75) is 72.0 Å². The van der Waals surface area contributed by atoms with E-state index >= 15 is 0 Å². The first-order valence-corrected chi connectivity index (χ1v) is 9.26. The van der Waals surface area contributed by atoms with Crippen LogP contribution in [0.25, 0.3) is 0 Å². The molecule has 0 radical (unpaired) electrons. The van der Waals surface area contributed by atoms with E-state index in [0.29, 0.717) is 16.9 Å². The minimum atomic E-state index is -0.739. The Morgan fingerprint density at radius 3 is 2.15 bits per heavy atom. The van der Waals surface area contributed by atoms with E-state index < -0.39 is 24.3 Å². The van der Waals surface area contributed by atoms with Gasteiger partial charge < -0.3 is 19.2 Å². The molecule has 5 nitrogen and oxygen atoms in total. The van der Waals surface area contributed by atoms with Gasteiger partial charge in [0, 0.05) is 5.46 Å². The number of hydrogen-bond donors (Lipinski definition) is 1. The van der Waals surface area contributed by atoms with Crippen LogP contribution in [0, 0.1) is 5.92 Å². The average Bonchev–Trinajstić information content (AvgIpc) is 2.75. The second-order valence-electron chi connectivity index (χ2n) is 8.34. The zero-order valence-electron chi connectivity index (χ0n) is 17.2. The summed E-state index contributed by atoms with van der Waals surface area (Å²) >= 11 is 0. The number of rotatable bonds is 5. The Morgan fingerprint density at radius 2 is 1.73 bits per heavy atom. The van der Waals surface area contributed by atoms with Crippen LogP contribution >= 0.6 is 0 Å². The van der Waals surface area contributed by atoms with E-state index in [0.717, 1.165) is 12.0 Å². The summed E-state index contributed by atoms with van der Waals surface area (Å²) in [7, 11) is 0.626. The van der Waals surface area contributed by atoms with E-state index in [1.165, 1.54) is 7.11 Å². The average molecular weight is 362 g/mol. The van der Waals surface area contributed by atoms with Crippen molar-refractivity contribution in [1.82, 2.24) is 0 Å². The molecule has 1 atom stereocenters. The van der Waals surface area contributed by atoms with Crippen LogP contribution in [-0.4, -0.2) is 36.5 Å². The highest BCUT2D eigenvalue weighted by Gasteiger charge is 2.52. The first-order chi connectivity index (χ1) is 11.9. The molecule has 0 aliphatic carbocycles. The molecule has 6 heteroatoms. The van der Waals surface area contributed by atoms with Crippen molar-refractivity contribution in [2.75, 3.05) is 7.11 Å². The number of ether oxygens (including phenoxy) is 1. The molecule has 144 valence electrons. The fourth-order valence-corrected chi connectivity index (χ4v) is 3.42.